The van der Waals surface area contributed by atoms with Crippen LogP contribution in [-0.4, -0.2) is 42.9 Å². The molecular formula is C17H26N2O. The number of fused-ring (bicyclic) bond motifs is 1. The quantitative estimate of drug-likeness (QED) is 0.796. The maximum atomic E-state index is 12.7. The molecule has 1 aromatic carbocycles. The number of hydrogen-bond donors (Lipinski definition) is 0. The Morgan fingerprint density at radius 1 is 1.15 bits per heavy atom. The SMILES string of the molecule is CCC1(CC)c2ccccc2C(=O)N1CCCN(C)C. The molecule has 0 bridgehead atoms. The van der Waals surface area contributed by atoms with Gasteiger partial charge in [0.15, 0.2) is 0 Å². The summed E-state index contributed by atoms with van der Waals surface area (Å²) in [5, 5.41) is 0. The Bertz CT molecular complexity index is 478. The van der Waals surface area contributed by atoms with Gasteiger partial charge in [0, 0.05) is 12.1 Å². The maximum absolute atomic E-state index is 12.7. The summed E-state index contributed by atoms with van der Waals surface area (Å²) >= 11 is 0. The number of nitrogens with zero attached hydrogens (tertiary/aromatic N) is 2. The lowest BCUT2D eigenvalue weighted by Gasteiger charge is -2.38. The van der Waals surface area contributed by atoms with Gasteiger partial charge in [0.05, 0.1) is 5.54 Å². The molecule has 3 heteroatoms. The van der Waals surface area contributed by atoms with Gasteiger partial charge in [-0.05, 0) is 51.5 Å². The summed E-state index contributed by atoms with van der Waals surface area (Å²) in [4.78, 5) is 17.0. The first-order valence-electron chi connectivity index (χ1n) is 7.63. The predicted octanol–water partition coefficient (Wildman–Crippen LogP) is 3.11. The molecule has 0 aromatic heterocycles. The second-order valence-electron chi connectivity index (χ2n) is 5.90. The van der Waals surface area contributed by atoms with Crippen LogP contribution in [-0.2, 0) is 5.54 Å². The van der Waals surface area contributed by atoms with Crippen molar-refractivity contribution in [3.8, 4) is 0 Å². The molecule has 0 unspecified atom stereocenters. The van der Waals surface area contributed by atoms with Crippen molar-refractivity contribution in [2.24, 2.45) is 0 Å². The van der Waals surface area contributed by atoms with E-state index in [0.29, 0.717) is 0 Å². The van der Waals surface area contributed by atoms with Crippen molar-refractivity contribution in [3.05, 3.63) is 35.4 Å². The number of amides is 1. The third-order valence-electron chi connectivity index (χ3n) is 4.58. The van der Waals surface area contributed by atoms with Gasteiger partial charge in [-0.25, -0.2) is 0 Å². The highest BCUT2D eigenvalue weighted by atomic mass is 16.2. The molecule has 0 radical (unpaired) electrons. The summed E-state index contributed by atoms with van der Waals surface area (Å²) in [6.45, 7) is 6.24. The molecule has 0 aliphatic carbocycles. The summed E-state index contributed by atoms with van der Waals surface area (Å²) < 4.78 is 0. The molecule has 0 fully saturated rings. The molecular weight excluding hydrogens is 248 g/mol. The molecule has 20 heavy (non-hydrogen) atoms. The zero-order chi connectivity index (χ0) is 14.8. The van der Waals surface area contributed by atoms with Crippen LogP contribution in [0.4, 0.5) is 0 Å². The number of rotatable bonds is 6. The minimum atomic E-state index is -0.0972. The number of carbonyl (C=O) groups excluding carboxylic acids is 1. The fourth-order valence-electron chi connectivity index (χ4n) is 3.43. The second kappa shape index (κ2) is 5.96. The molecule has 0 N–H and O–H groups in total. The Morgan fingerprint density at radius 2 is 1.80 bits per heavy atom. The fourth-order valence-corrected chi connectivity index (χ4v) is 3.43. The number of carbonyl (C=O) groups is 1. The molecule has 2 rings (SSSR count). The molecule has 0 atom stereocenters. The van der Waals surface area contributed by atoms with Crippen LogP contribution in [0.5, 0.6) is 0 Å². The summed E-state index contributed by atoms with van der Waals surface area (Å²) in [5.74, 6) is 0.211. The zero-order valence-corrected chi connectivity index (χ0v) is 13.1. The van der Waals surface area contributed by atoms with E-state index in [4.69, 9.17) is 0 Å². The minimum absolute atomic E-state index is 0.0972. The van der Waals surface area contributed by atoms with Gasteiger partial charge in [0.1, 0.15) is 0 Å². The molecule has 0 saturated carbocycles. The van der Waals surface area contributed by atoms with Gasteiger partial charge in [0.2, 0.25) is 0 Å². The molecule has 1 aliphatic rings. The van der Waals surface area contributed by atoms with E-state index >= 15 is 0 Å². The number of benzene rings is 1. The van der Waals surface area contributed by atoms with E-state index in [-0.39, 0.29) is 11.4 Å². The van der Waals surface area contributed by atoms with Crippen LogP contribution in [0.25, 0.3) is 0 Å². The summed E-state index contributed by atoms with van der Waals surface area (Å²) in [6, 6.07) is 8.13. The maximum Gasteiger partial charge on any atom is 0.254 e. The molecule has 1 heterocycles. The van der Waals surface area contributed by atoms with Gasteiger partial charge in [-0.15, -0.1) is 0 Å². The van der Waals surface area contributed by atoms with Gasteiger partial charge in [-0.2, -0.15) is 0 Å². The molecule has 3 nitrogen and oxygen atoms in total. The van der Waals surface area contributed by atoms with Gasteiger partial charge in [0.25, 0.3) is 5.91 Å². The lowest BCUT2D eigenvalue weighted by Crippen LogP contribution is -2.44. The highest BCUT2D eigenvalue weighted by molar-refractivity contribution is 6.00. The average molecular weight is 274 g/mol. The van der Waals surface area contributed by atoms with Crippen molar-refractivity contribution in [1.82, 2.24) is 9.80 Å². The largest absolute Gasteiger partial charge is 0.329 e. The van der Waals surface area contributed by atoms with Crippen molar-refractivity contribution in [1.29, 1.82) is 0 Å². The summed E-state index contributed by atoms with van der Waals surface area (Å²) in [7, 11) is 4.15. The van der Waals surface area contributed by atoms with E-state index in [1.807, 2.05) is 12.1 Å². The zero-order valence-electron chi connectivity index (χ0n) is 13.1. The van der Waals surface area contributed by atoms with Crippen molar-refractivity contribution < 1.29 is 4.79 Å². The van der Waals surface area contributed by atoms with E-state index in [2.05, 4.69) is 49.9 Å². The van der Waals surface area contributed by atoms with Crippen LogP contribution < -0.4 is 0 Å². The highest BCUT2D eigenvalue weighted by Crippen LogP contribution is 2.43. The van der Waals surface area contributed by atoms with E-state index in [1.54, 1.807) is 0 Å². The molecule has 0 spiro atoms. The Morgan fingerprint density at radius 3 is 2.40 bits per heavy atom. The highest BCUT2D eigenvalue weighted by Gasteiger charge is 2.46. The molecule has 110 valence electrons. The van der Waals surface area contributed by atoms with E-state index in [0.717, 1.165) is 37.9 Å². The van der Waals surface area contributed by atoms with Gasteiger partial charge in [-0.1, -0.05) is 32.0 Å². The molecule has 1 amide bonds. The average Bonchev–Trinajstić information content (AvgIpc) is 2.69. The van der Waals surface area contributed by atoms with E-state index in [9.17, 15) is 4.79 Å². The monoisotopic (exact) mass is 274 g/mol. The summed E-state index contributed by atoms with van der Waals surface area (Å²) in [5.41, 5.74) is 2.03. The Labute approximate surface area is 122 Å². The third-order valence-corrected chi connectivity index (χ3v) is 4.58. The van der Waals surface area contributed by atoms with Crippen molar-refractivity contribution in [2.75, 3.05) is 27.2 Å². The first-order valence-corrected chi connectivity index (χ1v) is 7.63. The van der Waals surface area contributed by atoms with Gasteiger partial charge < -0.3 is 9.80 Å². The smallest absolute Gasteiger partial charge is 0.254 e. The molecule has 1 aliphatic heterocycles. The van der Waals surface area contributed by atoms with Crippen molar-refractivity contribution in [2.45, 2.75) is 38.6 Å². The van der Waals surface area contributed by atoms with E-state index < -0.39 is 0 Å². The van der Waals surface area contributed by atoms with Crippen LogP contribution in [0, 0.1) is 0 Å². The first kappa shape index (κ1) is 15.0. The fraction of sp³-hybridized carbons (Fsp3) is 0.588. The standard InChI is InChI=1S/C17H26N2O/c1-5-17(6-2)15-11-8-7-10-14(15)16(20)19(17)13-9-12-18(3)4/h7-8,10-11H,5-6,9,12-13H2,1-4H3. The van der Waals surface area contributed by atoms with Gasteiger partial charge in [-0.3, -0.25) is 4.79 Å². The van der Waals surface area contributed by atoms with Crippen LogP contribution in [0.2, 0.25) is 0 Å². The van der Waals surface area contributed by atoms with Crippen LogP contribution >= 0.6 is 0 Å². The number of hydrogen-bond acceptors (Lipinski definition) is 2. The van der Waals surface area contributed by atoms with Crippen LogP contribution in [0.1, 0.15) is 49.0 Å². The Balaban J connectivity index is 2.30. The third kappa shape index (κ3) is 2.35. The van der Waals surface area contributed by atoms with Crippen molar-refractivity contribution in [3.63, 3.8) is 0 Å². The lowest BCUT2D eigenvalue weighted by atomic mass is 9.84. The predicted molar refractivity (Wildman–Crippen MR) is 82.9 cm³/mol. The minimum Gasteiger partial charge on any atom is -0.329 e. The molecule has 1 aromatic rings. The summed E-state index contributed by atoms with van der Waals surface area (Å²) in [6.07, 6.45) is 2.98. The molecule has 0 saturated heterocycles. The van der Waals surface area contributed by atoms with Crippen LogP contribution in [0.3, 0.4) is 0 Å². The van der Waals surface area contributed by atoms with E-state index in [1.165, 1.54) is 5.56 Å². The normalized spacial score (nSPS) is 16.9. The second-order valence-corrected chi connectivity index (χ2v) is 5.90. The first-order chi connectivity index (χ1) is 9.56. The topological polar surface area (TPSA) is 23.6 Å². The Hall–Kier alpha value is -1.35. The van der Waals surface area contributed by atoms with Gasteiger partial charge >= 0.3 is 0 Å². The van der Waals surface area contributed by atoms with Crippen molar-refractivity contribution >= 4 is 5.91 Å². The Kier molecular flexibility index (Phi) is 4.48. The van der Waals surface area contributed by atoms with Crippen LogP contribution in [0.15, 0.2) is 24.3 Å². The lowest BCUT2D eigenvalue weighted by molar-refractivity contribution is 0.0507.